The fraction of sp³-hybridized carbons (Fsp3) is 0.367. The van der Waals surface area contributed by atoms with E-state index >= 15 is 0 Å². The summed E-state index contributed by atoms with van der Waals surface area (Å²) < 4.78 is 5.16. The number of nitrogen functional groups attached to an aromatic ring is 1. The molecule has 0 radical (unpaired) electrons. The number of allylic oxidation sites excluding steroid dienone is 5. The van der Waals surface area contributed by atoms with Crippen LogP contribution in [0.5, 0.6) is 0 Å². The van der Waals surface area contributed by atoms with Crippen LogP contribution in [0.25, 0.3) is 0 Å². The minimum Gasteiger partial charge on any atom is -0.466 e. The number of carbonyl (C=O) groups excluding carboxylic acids is 1. The second kappa shape index (κ2) is 19.9. The number of rotatable bonds is 15. The number of hydrazone groups is 1. The molecule has 10 heteroatoms. The van der Waals surface area contributed by atoms with Crippen molar-refractivity contribution in [2.75, 3.05) is 30.8 Å². The van der Waals surface area contributed by atoms with E-state index in [1.54, 1.807) is 30.4 Å². The lowest BCUT2D eigenvalue weighted by molar-refractivity contribution is -0.130. The number of benzene rings is 1. The number of ether oxygens (including phenoxy) is 1. The van der Waals surface area contributed by atoms with Gasteiger partial charge in [0.05, 0.1) is 17.8 Å². The van der Waals surface area contributed by atoms with Gasteiger partial charge in [0.15, 0.2) is 0 Å². The number of hydrazine groups is 1. The average Bonchev–Trinajstić information content (AvgIpc) is 2.89. The van der Waals surface area contributed by atoms with Crippen molar-refractivity contribution in [3.05, 3.63) is 85.0 Å². The molecule has 0 atom stereocenters. The summed E-state index contributed by atoms with van der Waals surface area (Å²) in [6, 6.07) is 7.08. The predicted molar refractivity (Wildman–Crippen MR) is 168 cm³/mol. The van der Waals surface area contributed by atoms with E-state index in [2.05, 4.69) is 35.3 Å². The number of amides is 1. The van der Waals surface area contributed by atoms with E-state index in [0.717, 1.165) is 33.6 Å². The zero-order valence-corrected chi connectivity index (χ0v) is 25.2. The lowest BCUT2D eigenvalue weighted by Crippen LogP contribution is -2.32. The lowest BCUT2D eigenvalue weighted by Gasteiger charge is -2.20. The largest absolute Gasteiger partial charge is 0.466 e. The molecule has 40 heavy (non-hydrogen) atoms. The smallest absolute Gasteiger partial charge is 0.227 e. The number of nitrogens with two attached hydrogens (primary N) is 2. The molecule has 0 unspecified atom stereocenters. The Labute approximate surface area is 240 Å². The van der Waals surface area contributed by atoms with E-state index in [4.69, 9.17) is 21.2 Å². The number of hydrogen-bond acceptors (Lipinski definition) is 9. The van der Waals surface area contributed by atoms with Gasteiger partial charge in [-0.2, -0.15) is 10.3 Å². The van der Waals surface area contributed by atoms with Crippen molar-refractivity contribution in [3.8, 4) is 0 Å². The first-order valence-corrected chi connectivity index (χ1v) is 13.0. The highest BCUT2D eigenvalue weighted by molar-refractivity contribution is 6.03. The minimum atomic E-state index is -0.0643. The Morgan fingerprint density at radius 1 is 1.10 bits per heavy atom. The molecule has 0 aliphatic rings. The Bertz CT molecular complexity index is 1110. The third kappa shape index (κ3) is 14.7. The number of aliphatic imine (C=N–C) groups is 1. The fourth-order valence-corrected chi connectivity index (χ4v) is 3.15. The average molecular weight is 554 g/mol. The van der Waals surface area contributed by atoms with Gasteiger partial charge in [0.25, 0.3) is 0 Å². The van der Waals surface area contributed by atoms with Crippen LogP contribution < -0.4 is 22.2 Å². The van der Waals surface area contributed by atoms with Gasteiger partial charge < -0.3 is 15.4 Å². The highest BCUT2D eigenvalue weighted by Crippen LogP contribution is 2.20. The first-order valence-electron chi connectivity index (χ1n) is 13.0. The Kier molecular flexibility index (Phi) is 17.8. The normalized spacial score (nSPS) is 11.4. The maximum atomic E-state index is 12.4. The summed E-state index contributed by atoms with van der Waals surface area (Å²) in [5, 5.41) is 5.34. The van der Waals surface area contributed by atoms with E-state index in [0.29, 0.717) is 36.6 Å². The molecule has 0 spiro atoms. The van der Waals surface area contributed by atoms with Gasteiger partial charge in [-0.3, -0.25) is 15.2 Å². The number of nitrogens with zero attached hydrogens (tertiary/aromatic N) is 4. The minimum absolute atomic E-state index is 0.0643. The summed E-state index contributed by atoms with van der Waals surface area (Å²) >= 11 is 0. The maximum absolute atomic E-state index is 12.4. The van der Waals surface area contributed by atoms with Gasteiger partial charge in [0.1, 0.15) is 11.4 Å². The second-order valence-corrected chi connectivity index (χ2v) is 8.79. The molecule has 0 aliphatic carbocycles. The van der Waals surface area contributed by atoms with Gasteiger partial charge in [-0.15, -0.1) is 0 Å². The van der Waals surface area contributed by atoms with Crippen LogP contribution in [0, 0.1) is 0 Å². The summed E-state index contributed by atoms with van der Waals surface area (Å²) in [4.78, 5) is 23.8. The van der Waals surface area contributed by atoms with E-state index in [1.165, 1.54) is 0 Å². The van der Waals surface area contributed by atoms with Crippen LogP contribution in [0.15, 0.2) is 95.1 Å². The topological polar surface area (TPSA) is 131 Å². The van der Waals surface area contributed by atoms with Crippen LogP contribution in [0.1, 0.15) is 54.9 Å². The molecule has 1 aromatic rings. The second-order valence-electron chi connectivity index (χ2n) is 8.79. The Morgan fingerprint density at radius 3 is 2.25 bits per heavy atom. The van der Waals surface area contributed by atoms with Crippen LogP contribution >= 0.6 is 0 Å². The number of anilines is 2. The first kappa shape index (κ1) is 35.9. The summed E-state index contributed by atoms with van der Waals surface area (Å²) in [7, 11) is 0. The Morgan fingerprint density at radius 2 is 1.73 bits per heavy atom. The third-order valence-electron chi connectivity index (χ3n) is 5.15. The molecule has 1 amide bonds. The van der Waals surface area contributed by atoms with Crippen molar-refractivity contribution in [3.63, 3.8) is 0 Å². The first-order chi connectivity index (χ1) is 18.9. The zero-order chi connectivity index (χ0) is 30.7. The number of hydrogen-bond donors (Lipinski definition) is 3. The molecule has 0 heterocycles. The SMILES string of the molecule is C=C(C)N/N=C(C)\C(CC(=O)N(CC)CC)=C(/C)N=C(C)C.C=C/C=C\C(=C)OCON(N)c1ccccc1N. The molecule has 0 bridgehead atoms. The van der Waals surface area contributed by atoms with Crippen molar-refractivity contribution in [1.82, 2.24) is 10.3 Å². The molecule has 10 nitrogen and oxygen atoms in total. The summed E-state index contributed by atoms with van der Waals surface area (Å²) in [6.07, 6.45) is 5.29. The molecule has 1 aromatic carbocycles. The molecule has 0 fully saturated rings. The van der Waals surface area contributed by atoms with Crippen molar-refractivity contribution >= 4 is 28.7 Å². The van der Waals surface area contributed by atoms with Crippen LogP contribution in [-0.4, -0.2) is 42.1 Å². The molecule has 220 valence electrons. The Hall–Kier alpha value is -4.15. The van der Waals surface area contributed by atoms with Crippen LogP contribution in [0.2, 0.25) is 0 Å². The molecule has 1 rings (SSSR count). The van der Waals surface area contributed by atoms with Gasteiger partial charge in [-0.05, 0) is 66.7 Å². The number of nitrogens with one attached hydrogen (secondary N) is 1. The molecular formula is C30H47N7O3. The summed E-state index contributed by atoms with van der Waals surface area (Å²) in [5.41, 5.74) is 13.8. The van der Waals surface area contributed by atoms with Crippen molar-refractivity contribution < 1.29 is 14.4 Å². The van der Waals surface area contributed by atoms with Gasteiger partial charge >= 0.3 is 0 Å². The number of carbonyl (C=O) groups is 1. The summed E-state index contributed by atoms with van der Waals surface area (Å²) in [5.74, 6) is 6.21. The van der Waals surface area contributed by atoms with E-state index in [-0.39, 0.29) is 12.7 Å². The highest BCUT2D eigenvalue weighted by atomic mass is 16.8. The van der Waals surface area contributed by atoms with E-state index < -0.39 is 0 Å². The standard InChI is InChI=1S/C17H30N4O.C13H17N3O2/c1-9-21(10-2)17(22)11-16(14(7)18-12(3)4)15(8)20-19-13(5)6;1-3-4-7-11(2)17-10-18-16(15)13-9-6-5-8-12(13)14/h19H,5,9-11H2,1-4,6-8H3;3-9H,1-2,10,14-15H2/b16-14+,20-15-;7-4-. The number of para-hydroxylation sites is 2. The molecular weight excluding hydrogens is 506 g/mol. The Balaban J connectivity index is 0.000000774. The van der Waals surface area contributed by atoms with E-state index in [1.807, 2.05) is 65.5 Å². The van der Waals surface area contributed by atoms with E-state index in [9.17, 15) is 4.79 Å². The lowest BCUT2D eigenvalue weighted by atomic mass is 10.0. The van der Waals surface area contributed by atoms with Crippen LogP contribution in [-0.2, 0) is 14.4 Å². The van der Waals surface area contributed by atoms with Gasteiger partial charge in [-0.1, -0.05) is 44.0 Å². The monoisotopic (exact) mass is 553 g/mol. The molecule has 0 saturated heterocycles. The summed E-state index contributed by atoms with van der Waals surface area (Å²) in [6.45, 7) is 25.8. The molecule has 0 saturated carbocycles. The van der Waals surface area contributed by atoms with Crippen LogP contribution in [0.4, 0.5) is 11.4 Å². The molecule has 0 aliphatic heterocycles. The molecule has 0 aromatic heterocycles. The zero-order valence-electron chi connectivity index (χ0n) is 25.2. The quantitative estimate of drug-likeness (QED) is 0.0489. The third-order valence-corrected chi connectivity index (χ3v) is 5.15. The molecule has 5 N–H and O–H groups in total. The highest BCUT2D eigenvalue weighted by Gasteiger charge is 2.16. The van der Waals surface area contributed by atoms with Gasteiger partial charge in [-0.25, -0.2) is 10.7 Å². The van der Waals surface area contributed by atoms with Gasteiger partial charge in [0, 0.05) is 35.8 Å². The van der Waals surface area contributed by atoms with Crippen LogP contribution in [0.3, 0.4) is 0 Å². The van der Waals surface area contributed by atoms with Crippen molar-refractivity contribution in [2.24, 2.45) is 15.9 Å². The van der Waals surface area contributed by atoms with Crippen molar-refractivity contribution in [1.29, 1.82) is 0 Å². The van der Waals surface area contributed by atoms with Gasteiger partial charge in [0.2, 0.25) is 12.7 Å². The predicted octanol–water partition coefficient (Wildman–Crippen LogP) is 5.61. The maximum Gasteiger partial charge on any atom is 0.227 e. The van der Waals surface area contributed by atoms with Crippen molar-refractivity contribution in [2.45, 2.75) is 54.9 Å². The fourth-order valence-electron chi connectivity index (χ4n) is 3.15.